The molecule has 0 spiro atoms. The van der Waals surface area contributed by atoms with Crippen molar-refractivity contribution in [2.75, 3.05) is 13.2 Å². The molecule has 1 N–H and O–H groups in total. The number of fused-ring (bicyclic) bond motifs is 2. The Balaban J connectivity index is 1.66. The lowest BCUT2D eigenvalue weighted by molar-refractivity contribution is -0.0909. The number of hydrogen-bond donors (Lipinski definition) is 1. The number of nitrogens with one attached hydrogen (secondary N) is 1. The van der Waals surface area contributed by atoms with Crippen LogP contribution in [0, 0.1) is 0 Å². The quantitative estimate of drug-likeness (QED) is 0.849. The number of rotatable bonds is 3. The van der Waals surface area contributed by atoms with Crippen molar-refractivity contribution in [3.63, 3.8) is 0 Å². The van der Waals surface area contributed by atoms with Gasteiger partial charge in [0, 0.05) is 30.8 Å². The van der Waals surface area contributed by atoms with Crippen molar-refractivity contribution in [2.24, 2.45) is 0 Å². The van der Waals surface area contributed by atoms with Crippen molar-refractivity contribution in [1.82, 2.24) is 10.2 Å². The molecule has 3 aliphatic heterocycles. The van der Waals surface area contributed by atoms with E-state index < -0.39 is 0 Å². The molecule has 3 atom stereocenters. The van der Waals surface area contributed by atoms with E-state index in [9.17, 15) is 0 Å². The molecule has 3 heteroatoms. The van der Waals surface area contributed by atoms with Crippen molar-refractivity contribution >= 4 is 0 Å². The average molecular weight is 266 g/mol. The number of piperidine rings is 1. The highest BCUT2D eigenvalue weighted by Gasteiger charge is 2.40. The number of ether oxygens (including phenoxy) is 1. The first-order valence-corrected chi connectivity index (χ1v) is 8.23. The average Bonchev–Trinajstić information content (AvgIpc) is 2.68. The molecule has 3 heterocycles. The molecule has 3 unspecified atom stereocenters. The second-order valence-electron chi connectivity index (χ2n) is 7.35. The summed E-state index contributed by atoms with van der Waals surface area (Å²) in [4.78, 5) is 2.80. The predicted molar refractivity (Wildman–Crippen MR) is 78.4 cm³/mol. The molecule has 0 aromatic heterocycles. The third-order valence-corrected chi connectivity index (χ3v) is 5.42. The minimum Gasteiger partial charge on any atom is -0.375 e. The maximum absolute atomic E-state index is 5.89. The Labute approximate surface area is 118 Å². The molecular formula is C16H30N2O. The Hall–Kier alpha value is -0.120. The second-order valence-corrected chi connectivity index (χ2v) is 7.35. The summed E-state index contributed by atoms with van der Waals surface area (Å²) in [6.07, 6.45) is 7.94. The van der Waals surface area contributed by atoms with E-state index in [2.05, 4.69) is 31.0 Å². The zero-order valence-corrected chi connectivity index (χ0v) is 12.8. The first-order valence-electron chi connectivity index (χ1n) is 8.23. The van der Waals surface area contributed by atoms with Gasteiger partial charge >= 0.3 is 0 Å². The van der Waals surface area contributed by atoms with Gasteiger partial charge in [-0.15, -0.1) is 0 Å². The summed E-state index contributed by atoms with van der Waals surface area (Å²) in [5.41, 5.74) is 0.0717. The smallest absolute Gasteiger partial charge is 0.0641 e. The van der Waals surface area contributed by atoms with Gasteiger partial charge < -0.3 is 10.1 Å². The maximum atomic E-state index is 5.89. The summed E-state index contributed by atoms with van der Waals surface area (Å²) >= 11 is 0. The molecule has 0 radical (unpaired) electrons. The molecule has 3 rings (SSSR count). The minimum absolute atomic E-state index is 0.0717. The van der Waals surface area contributed by atoms with E-state index in [-0.39, 0.29) is 5.60 Å². The van der Waals surface area contributed by atoms with Crippen molar-refractivity contribution in [1.29, 1.82) is 0 Å². The van der Waals surface area contributed by atoms with Gasteiger partial charge in [-0.2, -0.15) is 0 Å². The molecular weight excluding hydrogens is 236 g/mol. The van der Waals surface area contributed by atoms with Crippen LogP contribution in [0.4, 0.5) is 0 Å². The van der Waals surface area contributed by atoms with Gasteiger partial charge in [-0.05, 0) is 58.9 Å². The summed E-state index contributed by atoms with van der Waals surface area (Å²) in [7, 11) is 0. The molecule has 3 aliphatic rings. The molecule has 19 heavy (non-hydrogen) atoms. The Kier molecular flexibility index (Phi) is 3.89. The Morgan fingerprint density at radius 2 is 1.79 bits per heavy atom. The largest absolute Gasteiger partial charge is 0.375 e. The van der Waals surface area contributed by atoms with E-state index in [1.54, 1.807) is 0 Å². The Morgan fingerprint density at radius 1 is 1.11 bits per heavy atom. The van der Waals surface area contributed by atoms with Crippen molar-refractivity contribution < 1.29 is 4.74 Å². The zero-order chi connectivity index (χ0) is 13.5. The lowest BCUT2D eigenvalue weighted by Gasteiger charge is -2.46. The highest BCUT2D eigenvalue weighted by atomic mass is 16.5. The third kappa shape index (κ3) is 2.98. The van der Waals surface area contributed by atoms with Crippen LogP contribution in [0.25, 0.3) is 0 Å². The molecule has 0 aromatic carbocycles. The fourth-order valence-corrected chi connectivity index (χ4v) is 4.60. The van der Waals surface area contributed by atoms with Gasteiger partial charge in [0.05, 0.1) is 5.60 Å². The summed E-state index contributed by atoms with van der Waals surface area (Å²) in [5, 5.41) is 3.77. The third-order valence-electron chi connectivity index (χ3n) is 5.42. The summed E-state index contributed by atoms with van der Waals surface area (Å²) in [6, 6.07) is 3.13. The fraction of sp³-hybridized carbons (Fsp3) is 1.00. The van der Waals surface area contributed by atoms with Crippen LogP contribution in [0.5, 0.6) is 0 Å². The Morgan fingerprint density at radius 3 is 2.37 bits per heavy atom. The van der Waals surface area contributed by atoms with Crippen LogP contribution in [0.1, 0.15) is 59.3 Å². The van der Waals surface area contributed by atoms with Gasteiger partial charge in [-0.1, -0.05) is 6.92 Å². The minimum atomic E-state index is 0.0717. The molecule has 0 aromatic rings. The van der Waals surface area contributed by atoms with Gasteiger partial charge in [-0.25, -0.2) is 0 Å². The van der Waals surface area contributed by atoms with E-state index in [0.717, 1.165) is 30.8 Å². The normalized spacial score (nSPS) is 41.7. The number of nitrogens with zero attached hydrogens (tertiary/aromatic N) is 1. The van der Waals surface area contributed by atoms with E-state index in [4.69, 9.17) is 4.74 Å². The summed E-state index contributed by atoms with van der Waals surface area (Å²) < 4.78 is 5.89. The van der Waals surface area contributed by atoms with E-state index >= 15 is 0 Å². The van der Waals surface area contributed by atoms with Crippen LogP contribution >= 0.6 is 0 Å². The SMILES string of the molecule is CCN(C1CC2CCC(C1)N2)C1CCOC(C)(C)C1. The van der Waals surface area contributed by atoms with E-state index in [1.165, 1.54) is 45.1 Å². The first-order chi connectivity index (χ1) is 9.07. The van der Waals surface area contributed by atoms with Gasteiger partial charge in [0.15, 0.2) is 0 Å². The van der Waals surface area contributed by atoms with Crippen LogP contribution in [0.2, 0.25) is 0 Å². The first kappa shape index (κ1) is 13.8. The van der Waals surface area contributed by atoms with Crippen LogP contribution < -0.4 is 5.32 Å². The molecule has 3 nitrogen and oxygen atoms in total. The summed E-state index contributed by atoms with van der Waals surface area (Å²) in [6.45, 7) is 8.97. The Bertz CT molecular complexity index is 304. The molecule has 0 saturated carbocycles. The van der Waals surface area contributed by atoms with Crippen LogP contribution in [0.3, 0.4) is 0 Å². The van der Waals surface area contributed by atoms with Crippen LogP contribution in [-0.4, -0.2) is 47.8 Å². The van der Waals surface area contributed by atoms with Gasteiger partial charge in [0.1, 0.15) is 0 Å². The second kappa shape index (κ2) is 5.34. The van der Waals surface area contributed by atoms with E-state index in [1.807, 2.05) is 0 Å². The maximum Gasteiger partial charge on any atom is 0.0641 e. The topological polar surface area (TPSA) is 24.5 Å². The van der Waals surface area contributed by atoms with Gasteiger partial charge in [-0.3, -0.25) is 4.90 Å². The van der Waals surface area contributed by atoms with Crippen LogP contribution in [0.15, 0.2) is 0 Å². The molecule has 110 valence electrons. The molecule has 2 bridgehead atoms. The van der Waals surface area contributed by atoms with Crippen LogP contribution in [-0.2, 0) is 4.74 Å². The van der Waals surface area contributed by atoms with Crippen molar-refractivity contribution in [3.8, 4) is 0 Å². The lowest BCUT2D eigenvalue weighted by atomic mass is 9.89. The zero-order valence-electron chi connectivity index (χ0n) is 12.8. The van der Waals surface area contributed by atoms with Crippen molar-refractivity contribution in [2.45, 2.75) is 89.1 Å². The number of hydrogen-bond acceptors (Lipinski definition) is 3. The standard InChI is InChI=1S/C16H30N2O/c1-4-18(14-7-8-19-16(2,3)11-14)15-9-12-5-6-13(10-15)17-12/h12-15,17H,4-11H2,1-3H3. The monoisotopic (exact) mass is 266 g/mol. The molecule has 0 amide bonds. The van der Waals surface area contributed by atoms with Gasteiger partial charge in [0.2, 0.25) is 0 Å². The van der Waals surface area contributed by atoms with Gasteiger partial charge in [0.25, 0.3) is 0 Å². The molecule has 3 fully saturated rings. The van der Waals surface area contributed by atoms with E-state index in [0.29, 0.717) is 0 Å². The highest BCUT2D eigenvalue weighted by Crippen LogP contribution is 2.34. The predicted octanol–water partition coefficient (Wildman–Crippen LogP) is 2.55. The van der Waals surface area contributed by atoms with Crippen molar-refractivity contribution in [3.05, 3.63) is 0 Å². The highest BCUT2D eigenvalue weighted by molar-refractivity contribution is 4.97. The lowest BCUT2D eigenvalue weighted by Crippen LogP contribution is -2.54. The molecule has 3 saturated heterocycles. The fourth-order valence-electron chi connectivity index (χ4n) is 4.60. The summed E-state index contributed by atoms with van der Waals surface area (Å²) in [5.74, 6) is 0. The molecule has 0 aliphatic carbocycles.